The Kier molecular flexibility index (Phi) is 9.73. The number of para-hydroxylation sites is 6. The van der Waals surface area contributed by atoms with Crippen LogP contribution in [-0.2, 0) is 10.8 Å². The number of hydrogen-bond donors (Lipinski definition) is 0. The highest BCUT2D eigenvalue weighted by Gasteiger charge is 2.50. The molecule has 12 heteroatoms. The standard InChI is InChI=1S/C64H49B2N7O3/c1-63(2)35-36-64(3,4)46-37-42(33-34-45(46)63)73-53-39-54-50(66-48-30-18-20-32-52(48)72(41-23-11-6-12-24-41)59-56(66)60(76-54)70-62(69-59)75-44-27-15-8-16-28-44)38-49(53)65-47-29-17-19-31-51(47)71(40-21-9-5-10-22-40)57-55(65)58(73)68-61(67-57)74-43-25-13-7-14-26-43/h5-34,37-39H,35-36H2,1-4H3. The summed E-state index contributed by atoms with van der Waals surface area (Å²) in [4.78, 5) is 28.2. The maximum Gasteiger partial charge on any atom is 0.327 e. The molecule has 6 heterocycles. The number of anilines is 9. The zero-order valence-corrected chi connectivity index (χ0v) is 42.5. The second kappa shape index (κ2) is 16.7. The first-order valence-corrected chi connectivity index (χ1v) is 26.2. The number of benzene rings is 8. The van der Waals surface area contributed by atoms with Crippen molar-refractivity contribution >= 4 is 97.8 Å². The lowest BCUT2D eigenvalue weighted by molar-refractivity contribution is 0.332. The summed E-state index contributed by atoms with van der Waals surface area (Å²) in [6.45, 7) is 8.91. The summed E-state index contributed by atoms with van der Waals surface area (Å²) < 4.78 is 20.5. The molecule has 0 bridgehead atoms. The van der Waals surface area contributed by atoms with Crippen molar-refractivity contribution in [3.05, 3.63) is 211 Å². The van der Waals surface area contributed by atoms with Gasteiger partial charge in [0.15, 0.2) is 0 Å². The Balaban J connectivity index is 1.02. The monoisotopic (exact) mass is 985 g/mol. The lowest BCUT2D eigenvalue weighted by Crippen LogP contribution is -2.64. The second-order valence-electron chi connectivity index (χ2n) is 21.7. The Labute approximate surface area is 442 Å². The average molecular weight is 986 g/mol. The van der Waals surface area contributed by atoms with Gasteiger partial charge in [-0.1, -0.05) is 149 Å². The van der Waals surface area contributed by atoms with Crippen LogP contribution in [0.3, 0.4) is 0 Å². The molecule has 1 aliphatic carbocycles. The quantitative estimate of drug-likeness (QED) is 0.144. The molecule has 4 aliphatic heterocycles. The summed E-state index contributed by atoms with van der Waals surface area (Å²) in [7, 11) is 0. The molecule has 10 aromatic rings. The van der Waals surface area contributed by atoms with Gasteiger partial charge in [0, 0.05) is 51.1 Å². The molecule has 76 heavy (non-hydrogen) atoms. The van der Waals surface area contributed by atoms with Crippen molar-refractivity contribution in [2.75, 3.05) is 14.7 Å². The predicted molar refractivity (Wildman–Crippen MR) is 306 cm³/mol. The molecular formula is C64H49B2N7O3. The summed E-state index contributed by atoms with van der Waals surface area (Å²) in [6, 6.07) is 69.8. The van der Waals surface area contributed by atoms with Gasteiger partial charge >= 0.3 is 12.0 Å². The topological polar surface area (TPSA) is 89.0 Å². The van der Waals surface area contributed by atoms with Crippen LogP contribution < -0.4 is 61.7 Å². The molecule has 0 saturated carbocycles. The van der Waals surface area contributed by atoms with E-state index in [2.05, 4.69) is 176 Å². The Morgan fingerprint density at radius 1 is 0.408 bits per heavy atom. The largest absolute Gasteiger partial charge is 0.440 e. The normalized spacial score (nSPS) is 15.4. The molecule has 0 amide bonds. The molecule has 0 fully saturated rings. The van der Waals surface area contributed by atoms with E-state index >= 15 is 0 Å². The minimum Gasteiger partial charge on any atom is -0.440 e. The van der Waals surface area contributed by atoms with Crippen LogP contribution in [0.4, 0.5) is 51.6 Å². The molecular weight excluding hydrogens is 936 g/mol. The number of aromatic nitrogens is 4. The van der Waals surface area contributed by atoms with Crippen LogP contribution in [0.5, 0.6) is 35.1 Å². The van der Waals surface area contributed by atoms with Crippen LogP contribution >= 0.6 is 0 Å². The molecule has 5 aliphatic rings. The van der Waals surface area contributed by atoms with Gasteiger partial charge in [-0.15, -0.1) is 0 Å². The zero-order valence-electron chi connectivity index (χ0n) is 42.5. The summed E-state index contributed by atoms with van der Waals surface area (Å²) in [5.74, 6) is 4.58. The highest BCUT2D eigenvalue weighted by Crippen LogP contribution is 2.50. The summed E-state index contributed by atoms with van der Waals surface area (Å²) in [5, 5.41) is 0. The van der Waals surface area contributed by atoms with Crippen molar-refractivity contribution in [1.82, 2.24) is 19.9 Å². The van der Waals surface area contributed by atoms with Crippen LogP contribution in [0.15, 0.2) is 200 Å². The maximum atomic E-state index is 7.29. The summed E-state index contributed by atoms with van der Waals surface area (Å²) in [5.41, 5.74) is 14.8. The molecule has 15 rings (SSSR count). The fraction of sp³-hybridized carbons (Fsp3) is 0.125. The van der Waals surface area contributed by atoms with Gasteiger partial charge in [-0.2, -0.15) is 19.9 Å². The van der Waals surface area contributed by atoms with E-state index in [1.807, 2.05) is 66.7 Å². The van der Waals surface area contributed by atoms with E-state index in [4.69, 9.17) is 34.1 Å². The fourth-order valence-corrected chi connectivity index (χ4v) is 12.5. The molecule has 0 N–H and O–H groups in total. The number of fused-ring (bicyclic) bond motifs is 9. The second-order valence-corrected chi connectivity index (χ2v) is 21.7. The lowest BCUT2D eigenvalue weighted by Gasteiger charge is -2.45. The van der Waals surface area contributed by atoms with E-state index in [1.165, 1.54) is 11.1 Å². The van der Waals surface area contributed by atoms with Gasteiger partial charge in [-0.25, -0.2) is 0 Å². The molecule has 2 aromatic heterocycles. The van der Waals surface area contributed by atoms with Crippen molar-refractivity contribution in [2.24, 2.45) is 0 Å². The Morgan fingerprint density at radius 3 is 1.43 bits per heavy atom. The van der Waals surface area contributed by atoms with Gasteiger partial charge in [0.05, 0.1) is 0 Å². The number of rotatable bonds is 7. The highest BCUT2D eigenvalue weighted by atomic mass is 16.5. The smallest absolute Gasteiger partial charge is 0.327 e. The van der Waals surface area contributed by atoms with Crippen molar-refractivity contribution < 1.29 is 14.2 Å². The van der Waals surface area contributed by atoms with E-state index in [-0.39, 0.29) is 36.3 Å². The molecule has 0 unspecified atom stereocenters. The minimum atomic E-state index is -0.306. The van der Waals surface area contributed by atoms with E-state index < -0.39 is 0 Å². The molecule has 8 aromatic carbocycles. The first-order chi connectivity index (χ1) is 37.2. The third-order valence-electron chi connectivity index (χ3n) is 16.2. The Bertz CT molecular complexity index is 3980. The van der Waals surface area contributed by atoms with Crippen molar-refractivity contribution in [2.45, 2.75) is 51.4 Å². The average Bonchev–Trinajstić information content (AvgIpc) is 3.58. The maximum absolute atomic E-state index is 7.29. The van der Waals surface area contributed by atoms with Crippen molar-refractivity contribution in [1.29, 1.82) is 0 Å². The van der Waals surface area contributed by atoms with E-state index in [9.17, 15) is 0 Å². The molecule has 0 atom stereocenters. The van der Waals surface area contributed by atoms with Crippen molar-refractivity contribution in [3.8, 4) is 35.1 Å². The summed E-state index contributed by atoms with van der Waals surface area (Å²) >= 11 is 0. The number of ether oxygens (including phenoxy) is 3. The van der Waals surface area contributed by atoms with Gasteiger partial charge in [0.1, 0.15) is 34.7 Å². The molecule has 0 saturated heterocycles. The third-order valence-corrected chi connectivity index (χ3v) is 16.2. The SMILES string of the molecule is CC1(C)CCC(C)(C)c2cc(N3c4cc5c(cc4B4c6ccccc6N(c6ccccc6)c6nc(Oc7ccccc7)nc3c64)B3c4ccccc4N(c4ccccc4)c4nc(Oc6ccccc6)nc(c43)O5)ccc21. The van der Waals surface area contributed by atoms with Crippen LogP contribution in [0.1, 0.15) is 51.7 Å². The fourth-order valence-electron chi connectivity index (χ4n) is 12.5. The molecule has 0 radical (unpaired) electrons. The van der Waals surface area contributed by atoms with Crippen LogP contribution in [0.25, 0.3) is 0 Å². The molecule has 0 spiro atoms. The number of hydrogen-bond acceptors (Lipinski definition) is 10. The van der Waals surface area contributed by atoms with E-state index in [0.29, 0.717) is 28.9 Å². The number of nitrogens with zero attached hydrogens (tertiary/aromatic N) is 7. The van der Waals surface area contributed by atoms with E-state index in [0.717, 1.165) is 91.4 Å². The Hall–Kier alpha value is -9.15. The van der Waals surface area contributed by atoms with E-state index in [1.54, 1.807) is 0 Å². The third kappa shape index (κ3) is 6.82. The Morgan fingerprint density at radius 2 is 0.868 bits per heavy atom. The van der Waals surface area contributed by atoms with Gasteiger partial charge in [-0.05, 0) is 129 Å². The van der Waals surface area contributed by atoms with Gasteiger partial charge in [0.25, 0.3) is 13.4 Å². The van der Waals surface area contributed by atoms with Crippen molar-refractivity contribution in [3.63, 3.8) is 0 Å². The first-order valence-electron chi connectivity index (χ1n) is 26.2. The first kappa shape index (κ1) is 44.3. The summed E-state index contributed by atoms with van der Waals surface area (Å²) in [6.07, 6.45) is 2.18. The van der Waals surface area contributed by atoms with Gasteiger partial charge in [-0.3, -0.25) is 14.7 Å². The van der Waals surface area contributed by atoms with Gasteiger partial charge in [0.2, 0.25) is 5.88 Å². The predicted octanol–water partition coefficient (Wildman–Crippen LogP) is 11.7. The lowest BCUT2D eigenvalue weighted by atomic mass is 9.31. The zero-order chi connectivity index (χ0) is 50.9. The van der Waals surface area contributed by atoms with Gasteiger partial charge < -0.3 is 14.2 Å². The molecule has 364 valence electrons. The van der Waals surface area contributed by atoms with Crippen LogP contribution in [0, 0.1) is 0 Å². The van der Waals surface area contributed by atoms with Crippen LogP contribution in [-0.4, -0.2) is 33.4 Å². The molecule has 10 nitrogen and oxygen atoms in total. The minimum absolute atomic E-state index is 0.00935. The van der Waals surface area contributed by atoms with Crippen LogP contribution in [0.2, 0.25) is 0 Å². The highest BCUT2D eigenvalue weighted by molar-refractivity contribution is 7.02.